The fourth-order valence-electron chi connectivity index (χ4n) is 3.39. The van der Waals surface area contributed by atoms with Gasteiger partial charge in [-0.3, -0.25) is 14.9 Å². The number of carbonyl (C=O) groups is 2. The largest absolute Gasteiger partial charge is 0.296 e. The van der Waals surface area contributed by atoms with Gasteiger partial charge in [-0.15, -0.1) is 10.2 Å². The maximum Gasteiger partial charge on any atom is 0.257 e. The Hall–Kier alpha value is -2.67. The van der Waals surface area contributed by atoms with Gasteiger partial charge in [-0.25, -0.2) is 12.8 Å². The molecular formula is C22H21FN4O4S3. The summed E-state index contributed by atoms with van der Waals surface area (Å²) < 4.78 is 40.7. The smallest absolute Gasteiger partial charge is 0.257 e. The average molecular weight is 521 g/mol. The molecule has 12 heteroatoms. The number of Topliss-reactive ketones (excluding diaryl/α,β-unsaturated/α-hetero) is 1. The molecule has 178 valence electrons. The third kappa shape index (κ3) is 5.87. The number of hydrogen-bond acceptors (Lipinski definition) is 8. The molecule has 0 atom stereocenters. The van der Waals surface area contributed by atoms with E-state index in [0.29, 0.717) is 23.0 Å². The number of piperidine rings is 1. The lowest BCUT2D eigenvalue weighted by Crippen LogP contribution is -2.35. The Balaban J connectivity index is 1.37. The van der Waals surface area contributed by atoms with Gasteiger partial charge in [-0.1, -0.05) is 35.6 Å². The van der Waals surface area contributed by atoms with Crippen molar-refractivity contribution in [1.82, 2.24) is 14.5 Å². The molecule has 0 unspecified atom stereocenters. The summed E-state index contributed by atoms with van der Waals surface area (Å²) in [6.45, 7) is 0.960. The van der Waals surface area contributed by atoms with Crippen molar-refractivity contribution in [2.24, 2.45) is 0 Å². The zero-order chi connectivity index (χ0) is 24.1. The Kier molecular flexibility index (Phi) is 7.71. The molecule has 0 bridgehead atoms. The molecule has 8 nitrogen and oxygen atoms in total. The van der Waals surface area contributed by atoms with Crippen LogP contribution < -0.4 is 5.32 Å². The number of thioether (sulfide) groups is 1. The highest BCUT2D eigenvalue weighted by Crippen LogP contribution is 2.27. The van der Waals surface area contributed by atoms with E-state index in [2.05, 4.69) is 15.5 Å². The number of anilines is 1. The van der Waals surface area contributed by atoms with Crippen molar-refractivity contribution in [1.29, 1.82) is 0 Å². The first kappa shape index (κ1) is 24.5. The molecule has 1 aliphatic heterocycles. The molecule has 0 saturated carbocycles. The van der Waals surface area contributed by atoms with Crippen LogP contribution in [0.5, 0.6) is 0 Å². The Labute approximate surface area is 204 Å². The molecule has 1 N–H and O–H groups in total. The minimum atomic E-state index is -3.66. The summed E-state index contributed by atoms with van der Waals surface area (Å²) in [6.07, 6.45) is 2.66. The van der Waals surface area contributed by atoms with E-state index in [1.165, 1.54) is 52.8 Å². The number of carbonyl (C=O) groups excluding carboxylic acids is 2. The topological polar surface area (TPSA) is 109 Å². The summed E-state index contributed by atoms with van der Waals surface area (Å²) in [5.74, 6) is -1.02. The van der Waals surface area contributed by atoms with Crippen LogP contribution in [-0.2, 0) is 10.0 Å². The van der Waals surface area contributed by atoms with E-state index in [9.17, 15) is 22.4 Å². The Morgan fingerprint density at radius 1 is 1.03 bits per heavy atom. The SMILES string of the molecule is O=C(CSc1nnc(NC(=O)c2cccc(S(=O)(=O)N3CCCCC3)c2)s1)c1ccc(F)cc1. The van der Waals surface area contributed by atoms with Gasteiger partial charge in [0.15, 0.2) is 10.1 Å². The van der Waals surface area contributed by atoms with E-state index >= 15 is 0 Å². The molecule has 2 heterocycles. The molecule has 1 aliphatic rings. The third-order valence-electron chi connectivity index (χ3n) is 5.17. The van der Waals surface area contributed by atoms with Gasteiger partial charge < -0.3 is 0 Å². The van der Waals surface area contributed by atoms with E-state index in [-0.39, 0.29) is 27.1 Å². The Bertz CT molecular complexity index is 1290. The van der Waals surface area contributed by atoms with Crippen molar-refractivity contribution in [3.05, 3.63) is 65.5 Å². The van der Waals surface area contributed by atoms with E-state index in [1.807, 2.05) is 0 Å². The van der Waals surface area contributed by atoms with Gasteiger partial charge in [-0.2, -0.15) is 4.31 Å². The predicted molar refractivity (Wildman–Crippen MR) is 128 cm³/mol. The van der Waals surface area contributed by atoms with Crippen molar-refractivity contribution in [2.75, 3.05) is 24.2 Å². The normalized spacial score (nSPS) is 14.6. The van der Waals surface area contributed by atoms with Gasteiger partial charge in [-0.05, 0) is 55.3 Å². The van der Waals surface area contributed by atoms with Gasteiger partial charge in [0.05, 0.1) is 10.6 Å². The van der Waals surface area contributed by atoms with Crippen molar-refractivity contribution in [3.63, 3.8) is 0 Å². The Morgan fingerprint density at radius 2 is 1.76 bits per heavy atom. The number of aromatic nitrogens is 2. The van der Waals surface area contributed by atoms with Crippen molar-refractivity contribution in [3.8, 4) is 0 Å². The molecule has 0 spiro atoms. The fourth-order valence-corrected chi connectivity index (χ4v) is 6.59. The second-order valence-corrected chi connectivity index (χ2v) is 11.7. The molecule has 2 aromatic carbocycles. The number of ketones is 1. The van der Waals surface area contributed by atoms with Gasteiger partial charge in [0.2, 0.25) is 15.2 Å². The van der Waals surface area contributed by atoms with Crippen LogP contribution in [0.25, 0.3) is 0 Å². The second kappa shape index (κ2) is 10.7. The average Bonchev–Trinajstić information content (AvgIpc) is 3.30. The number of amides is 1. The number of benzene rings is 2. The predicted octanol–water partition coefficient (Wildman–Crippen LogP) is 4.08. The van der Waals surface area contributed by atoms with Gasteiger partial charge in [0.1, 0.15) is 5.82 Å². The zero-order valence-corrected chi connectivity index (χ0v) is 20.4. The van der Waals surface area contributed by atoms with Crippen LogP contribution >= 0.6 is 23.1 Å². The van der Waals surface area contributed by atoms with Crippen molar-refractivity contribution >= 4 is 49.9 Å². The first-order valence-electron chi connectivity index (χ1n) is 10.5. The standard InChI is InChI=1S/C22H21FN4O4S3/c23-17-9-7-15(8-10-17)19(28)14-32-22-26-25-21(33-22)24-20(29)16-5-4-6-18(13-16)34(30,31)27-11-2-1-3-12-27/h4-10,13H,1-3,11-12,14H2,(H,24,25,29). The van der Waals surface area contributed by atoms with Gasteiger partial charge in [0.25, 0.3) is 5.91 Å². The van der Waals surface area contributed by atoms with Crippen molar-refractivity contribution < 1.29 is 22.4 Å². The summed E-state index contributed by atoms with van der Waals surface area (Å²) in [5, 5.41) is 10.7. The van der Waals surface area contributed by atoms with Crippen LogP contribution in [0.1, 0.15) is 40.0 Å². The molecule has 1 aromatic heterocycles. The van der Waals surface area contributed by atoms with Crippen LogP contribution in [0.4, 0.5) is 9.52 Å². The molecule has 0 aliphatic carbocycles. The highest BCUT2D eigenvalue weighted by Gasteiger charge is 2.26. The van der Waals surface area contributed by atoms with Crippen LogP contribution in [0.3, 0.4) is 0 Å². The molecule has 4 rings (SSSR count). The van der Waals surface area contributed by atoms with Crippen LogP contribution in [0.15, 0.2) is 57.8 Å². The van der Waals surface area contributed by atoms with E-state index < -0.39 is 21.7 Å². The summed E-state index contributed by atoms with van der Waals surface area (Å²) in [5.41, 5.74) is 0.584. The minimum absolute atomic E-state index is 0.0786. The molecule has 0 radical (unpaired) electrons. The number of nitrogens with one attached hydrogen (secondary N) is 1. The highest BCUT2D eigenvalue weighted by atomic mass is 32.2. The molecule has 3 aromatic rings. The first-order valence-corrected chi connectivity index (χ1v) is 13.7. The number of rotatable bonds is 8. The lowest BCUT2D eigenvalue weighted by Gasteiger charge is -2.26. The first-order chi connectivity index (χ1) is 16.3. The molecule has 1 amide bonds. The molecule has 34 heavy (non-hydrogen) atoms. The Morgan fingerprint density at radius 3 is 2.50 bits per heavy atom. The minimum Gasteiger partial charge on any atom is -0.296 e. The molecule has 1 saturated heterocycles. The van der Waals surface area contributed by atoms with Crippen molar-refractivity contribution in [2.45, 2.75) is 28.5 Å². The van der Waals surface area contributed by atoms with Gasteiger partial charge in [0, 0.05) is 24.2 Å². The maximum atomic E-state index is 13.0. The van der Waals surface area contributed by atoms with Crippen LogP contribution in [0, 0.1) is 5.82 Å². The monoisotopic (exact) mass is 520 g/mol. The third-order valence-corrected chi connectivity index (χ3v) is 9.04. The van der Waals surface area contributed by atoms with E-state index in [0.717, 1.165) is 42.4 Å². The highest BCUT2D eigenvalue weighted by molar-refractivity contribution is 8.01. The number of sulfonamides is 1. The molecule has 1 fully saturated rings. The van der Waals surface area contributed by atoms with Crippen LogP contribution in [0.2, 0.25) is 0 Å². The molecular weight excluding hydrogens is 499 g/mol. The zero-order valence-electron chi connectivity index (χ0n) is 17.9. The van der Waals surface area contributed by atoms with Crippen LogP contribution in [-0.4, -0.2) is 53.5 Å². The summed E-state index contributed by atoms with van der Waals surface area (Å²) in [6, 6.07) is 11.2. The number of hydrogen-bond donors (Lipinski definition) is 1. The van der Waals surface area contributed by atoms with E-state index in [1.54, 1.807) is 0 Å². The quantitative estimate of drug-likeness (QED) is 0.271. The fraction of sp³-hybridized carbons (Fsp3) is 0.273. The maximum absolute atomic E-state index is 13.0. The van der Waals surface area contributed by atoms with E-state index in [4.69, 9.17) is 0 Å². The number of nitrogens with zero attached hydrogens (tertiary/aromatic N) is 3. The summed E-state index contributed by atoms with van der Waals surface area (Å²) >= 11 is 2.26. The summed E-state index contributed by atoms with van der Waals surface area (Å²) in [4.78, 5) is 25.0. The lowest BCUT2D eigenvalue weighted by atomic mass is 10.1. The summed E-state index contributed by atoms with van der Waals surface area (Å²) in [7, 11) is -3.66. The van der Waals surface area contributed by atoms with Gasteiger partial charge >= 0.3 is 0 Å². The lowest BCUT2D eigenvalue weighted by molar-refractivity contribution is 0.101. The second-order valence-electron chi connectivity index (χ2n) is 7.54. The number of halogens is 1.